The second-order valence-corrected chi connectivity index (χ2v) is 8.65. The fourth-order valence-corrected chi connectivity index (χ4v) is 3.93. The van der Waals surface area contributed by atoms with Crippen LogP contribution in [0, 0.1) is 6.92 Å². The highest BCUT2D eigenvalue weighted by atomic mass is 15.1. The summed E-state index contributed by atoms with van der Waals surface area (Å²) in [5, 5.41) is 0. The Morgan fingerprint density at radius 3 is 1.79 bits per heavy atom. The molecule has 0 heterocycles. The lowest BCUT2D eigenvalue weighted by Gasteiger charge is -2.25. The number of nitrogens with zero attached hydrogens (tertiary/aromatic N) is 1. The van der Waals surface area contributed by atoms with Crippen molar-refractivity contribution in [1.29, 1.82) is 0 Å². The Labute approximate surface area is 180 Å². The Kier molecular flexibility index (Phi) is 11.6. The Bertz CT molecular complexity index is 641. The minimum absolute atomic E-state index is 1.01. The molecule has 0 unspecified atom stereocenters. The second kappa shape index (κ2) is 14.3. The van der Waals surface area contributed by atoms with E-state index in [1.165, 1.54) is 93.0 Å². The van der Waals surface area contributed by atoms with Gasteiger partial charge in [0.2, 0.25) is 0 Å². The number of hydrogen-bond donors (Lipinski definition) is 0. The first kappa shape index (κ1) is 23.5. The maximum Gasteiger partial charge on any atom is 0.0429 e. The summed E-state index contributed by atoms with van der Waals surface area (Å²) >= 11 is 0. The van der Waals surface area contributed by atoms with Crippen molar-refractivity contribution < 1.29 is 0 Å². The summed E-state index contributed by atoms with van der Waals surface area (Å²) in [6.07, 6.45) is 14.7. The lowest BCUT2D eigenvalue weighted by atomic mass is 10.1. The third kappa shape index (κ3) is 9.52. The van der Waals surface area contributed by atoms with Crippen molar-refractivity contribution in [2.75, 3.05) is 11.4 Å². The summed E-state index contributed by atoms with van der Waals surface area (Å²) in [5.41, 5.74) is 5.60. The van der Waals surface area contributed by atoms with Crippen LogP contribution in [0.25, 0.3) is 0 Å². The van der Waals surface area contributed by atoms with E-state index in [9.17, 15) is 0 Å². The zero-order valence-electron chi connectivity index (χ0n) is 19.3. The van der Waals surface area contributed by atoms with Gasteiger partial charge < -0.3 is 4.90 Å². The van der Waals surface area contributed by atoms with Gasteiger partial charge in [0, 0.05) is 18.8 Å². The molecular weight excluding hydrogens is 350 g/mol. The summed E-state index contributed by atoms with van der Waals surface area (Å²) in [4.78, 5) is 2.57. The van der Waals surface area contributed by atoms with Crippen molar-refractivity contribution in [2.24, 2.45) is 0 Å². The minimum Gasteiger partial charge on any atom is -0.367 e. The summed E-state index contributed by atoms with van der Waals surface area (Å²) in [6, 6.07) is 18.4. The van der Waals surface area contributed by atoms with E-state index in [2.05, 4.69) is 74.2 Å². The molecule has 160 valence electrons. The molecule has 1 heteroatoms. The van der Waals surface area contributed by atoms with Crippen LogP contribution >= 0.6 is 0 Å². The molecule has 2 aromatic rings. The molecule has 0 aliphatic carbocycles. The summed E-state index contributed by atoms with van der Waals surface area (Å²) in [6.45, 7) is 8.88. The van der Waals surface area contributed by atoms with Gasteiger partial charge >= 0.3 is 0 Å². The molecule has 29 heavy (non-hydrogen) atoms. The van der Waals surface area contributed by atoms with Gasteiger partial charge in [0.15, 0.2) is 0 Å². The maximum atomic E-state index is 2.57. The highest BCUT2D eigenvalue weighted by Crippen LogP contribution is 2.21. The Morgan fingerprint density at radius 1 is 0.586 bits per heavy atom. The van der Waals surface area contributed by atoms with E-state index < -0.39 is 0 Å². The molecule has 2 rings (SSSR count). The molecule has 0 radical (unpaired) electrons. The van der Waals surface area contributed by atoms with Gasteiger partial charge in [0.05, 0.1) is 0 Å². The molecule has 0 fully saturated rings. The van der Waals surface area contributed by atoms with Crippen LogP contribution in [0.5, 0.6) is 0 Å². The number of hydrogen-bond acceptors (Lipinski definition) is 1. The SMILES string of the molecule is CCCCCCCCN(Cc1ccc(C)cc1)c1ccc(CCCCCC)cc1. The molecule has 0 atom stereocenters. The lowest BCUT2D eigenvalue weighted by Crippen LogP contribution is -2.24. The number of benzene rings is 2. The van der Waals surface area contributed by atoms with Crippen molar-refractivity contribution in [2.45, 2.75) is 97.9 Å². The average molecular weight is 394 g/mol. The number of rotatable bonds is 15. The Hall–Kier alpha value is -1.76. The van der Waals surface area contributed by atoms with E-state index in [0.29, 0.717) is 0 Å². The fraction of sp³-hybridized carbons (Fsp3) is 0.571. The number of anilines is 1. The van der Waals surface area contributed by atoms with Crippen LogP contribution in [0.4, 0.5) is 5.69 Å². The molecule has 0 N–H and O–H groups in total. The third-order valence-corrected chi connectivity index (χ3v) is 5.90. The minimum atomic E-state index is 1.01. The van der Waals surface area contributed by atoms with Crippen molar-refractivity contribution >= 4 is 5.69 Å². The first-order valence-electron chi connectivity index (χ1n) is 12.1. The molecule has 0 aliphatic rings. The Morgan fingerprint density at radius 2 is 1.14 bits per heavy atom. The molecule has 0 aliphatic heterocycles. The normalized spacial score (nSPS) is 11.0. The predicted molar refractivity (Wildman–Crippen MR) is 130 cm³/mol. The average Bonchev–Trinajstić information content (AvgIpc) is 2.75. The fourth-order valence-electron chi connectivity index (χ4n) is 3.93. The summed E-state index contributed by atoms with van der Waals surface area (Å²) in [7, 11) is 0. The van der Waals surface area contributed by atoms with Crippen LogP contribution in [-0.4, -0.2) is 6.54 Å². The molecule has 0 amide bonds. The zero-order chi connectivity index (χ0) is 20.7. The standard InChI is InChI=1S/C28H43N/c1-4-6-8-10-11-13-23-29(24-27-17-15-25(3)16-18-27)28-21-19-26(20-22-28)14-12-9-7-5-2/h15-22H,4-14,23-24H2,1-3H3. The van der Waals surface area contributed by atoms with Crippen LogP contribution in [-0.2, 0) is 13.0 Å². The first-order valence-corrected chi connectivity index (χ1v) is 12.1. The first-order chi connectivity index (χ1) is 14.2. The zero-order valence-corrected chi connectivity index (χ0v) is 19.3. The van der Waals surface area contributed by atoms with Gasteiger partial charge in [-0.05, 0) is 49.4 Å². The Balaban J connectivity index is 1.94. The molecule has 0 spiro atoms. The van der Waals surface area contributed by atoms with Gasteiger partial charge in [-0.1, -0.05) is 107 Å². The van der Waals surface area contributed by atoms with E-state index in [1.807, 2.05) is 0 Å². The molecule has 2 aromatic carbocycles. The number of aryl methyl sites for hydroxylation is 2. The lowest BCUT2D eigenvalue weighted by molar-refractivity contribution is 0.597. The van der Waals surface area contributed by atoms with E-state index >= 15 is 0 Å². The highest BCUT2D eigenvalue weighted by molar-refractivity contribution is 5.48. The van der Waals surface area contributed by atoms with E-state index in [-0.39, 0.29) is 0 Å². The van der Waals surface area contributed by atoms with Crippen LogP contribution in [0.2, 0.25) is 0 Å². The van der Waals surface area contributed by atoms with Crippen LogP contribution in [0.1, 0.15) is 94.7 Å². The number of unbranched alkanes of at least 4 members (excludes halogenated alkanes) is 8. The molecule has 0 bridgehead atoms. The topological polar surface area (TPSA) is 3.24 Å². The van der Waals surface area contributed by atoms with Gasteiger partial charge in [-0.15, -0.1) is 0 Å². The van der Waals surface area contributed by atoms with Crippen LogP contribution in [0.3, 0.4) is 0 Å². The maximum absolute atomic E-state index is 2.57. The van der Waals surface area contributed by atoms with Gasteiger partial charge in [-0.2, -0.15) is 0 Å². The molecule has 1 nitrogen and oxygen atoms in total. The quantitative estimate of drug-likeness (QED) is 0.274. The van der Waals surface area contributed by atoms with Gasteiger partial charge in [0.1, 0.15) is 0 Å². The van der Waals surface area contributed by atoms with Crippen molar-refractivity contribution in [3.63, 3.8) is 0 Å². The van der Waals surface area contributed by atoms with Gasteiger partial charge in [-0.3, -0.25) is 0 Å². The van der Waals surface area contributed by atoms with Gasteiger partial charge in [0.25, 0.3) is 0 Å². The molecule has 0 saturated carbocycles. The second-order valence-electron chi connectivity index (χ2n) is 8.65. The monoisotopic (exact) mass is 393 g/mol. The predicted octanol–water partition coefficient (Wildman–Crippen LogP) is 8.48. The molecule has 0 saturated heterocycles. The van der Waals surface area contributed by atoms with Crippen molar-refractivity contribution in [3.8, 4) is 0 Å². The largest absolute Gasteiger partial charge is 0.367 e. The summed E-state index contributed by atoms with van der Waals surface area (Å²) < 4.78 is 0. The van der Waals surface area contributed by atoms with Crippen LogP contribution < -0.4 is 4.90 Å². The van der Waals surface area contributed by atoms with Gasteiger partial charge in [-0.25, -0.2) is 0 Å². The third-order valence-electron chi connectivity index (χ3n) is 5.90. The van der Waals surface area contributed by atoms with Crippen molar-refractivity contribution in [3.05, 3.63) is 65.2 Å². The van der Waals surface area contributed by atoms with E-state index in [1.54, 1.807) is 0 Å². The van der Waals surface area contributed by atoms with Crippen LogP contribution in [0.15, 0.2) is 48.5 Å². The van der Waals surface area contributed by atoms with Crippen molar-refractivity contribution in [1.82, 2.24) is 0 Å². The van der Waals surface area contributed by atoms with E-state index in [4.69, 9.17) is 0 Å². The smallest absolute Gasteiger partial charge is 0.0429 e. The molecule has 0 aromatic heterocycles. The molecular formula is C28H43N. The van der Waals surface area contributed by atoms with E-state index in [0.717, 1.165) is 13.1 Å². The summed E-state index contributed by atoms with van der Waals surface area (Å²) in [5.74, 6) is 0. The highest BCUT2D eigenvalue weighted by Gasteiger charge is 2.08.